The molecule has 5 heteroatoms. The van der Waals surface area contributed by atoms with Crippen molar-refractivity contribution in [2.45, 2.75) is 13.3 Å². The molecule has 5 rings (SSSR count). The average molecular weight is 506 g/mol. The zero-order valence-corrected chi connectivity index (χ0v) is 21.7. The van der Waals surface area contributed by atoms with Crippen molar-refractivity contribution in [3.63, 3.8) is 0 Å². The maximum absolute atomic E-state index is 13.3. The van der Waals surface area contributed by atoms with Crippen LogP contribution in [0, 0.1) is 6.92 Å². The number of amides is 1. The normalized spacial score (nSPS) is 15.6. The standard InChI is InChI=1S/C19H16N3O.C7H7.Cd/c23-19-17(13-15-7-3-1-4-8-15)20-18-11-12-21(14-22(18)19)16-9-5-2-6-10-16;1-7-5-3-2-4-6-7;/h1-10H,12-14H2;3-6H,1H3;. The van der Waals surface area contributed by atoms with Crippen LogP contribution in [0.3, 0.4) is 0 Å². The van der Waals surface area contributed by atoms with Gasteiger partial charge in [0, 0.05) is 0 Å². The molecule has 0 radical (unpaired) electrons. The van der Waals surface area contributed by atoms with E-state index in [9.17, 15) is 4.79 Å². The van der Waals surface area contributed by atoms with E-state index < -0.39 is 24.2 Å². The molecule has 0 unspecified atom stereocenters. The molecule has 0 atom stereocenters. The van der Waals surface area contributed by atoms with Gasteiger partial charge in [0.05, 0.1) is 0 Å². The van der Waals surface area contributed by atoms with E-state index in [1.807, 2.05) is 29.2 Å². The number of para-hydroxylation sites is 1. The van der Waals surface area contributed by atoms with Gasteiger partial charge in [0.2, 0.25) is 0 Å². The number of hydrogen-bond acceptors (Lipinski definition) is 3. The third-order valence-electron chi connectivity index (χ3n) is 5.87. The molecule has 0 fully saturated rings. The molecule has 31 heavy (non-hydrogen) atoms. The number of carbonyl (C=O) groups excluding carboxylic acids is 1. The van der Waals surface area contributed by atoms with Gasteiger partial charge in [-0.25, -0.2) is 0 Å². The SMILES string of the molecule is Cc1cc[c]([Cd][C]2=C3N=C(Cc4ccccc4)C(=O)N3CN(c3ccccc3)C2)cc1. The minimum atomic E-state index is -1.52. The van der Waals surface area contributed by atoms with Gasteiger partial charge in [-0.3, -0.25) is 0 Å². The molecule has 0 saturated carbocycles. The Balaban J connectivity index is 1.50. The molecule has 2 aliphatic heterocycles. The molecular weight excluding hydrogens is 483 g/mol. The van der Waals surface area contributed by atoms with E-state index in [0.29, 0.717) is 18.8 Å². The van der Waals surface area contributed by atoms with Crippen molar-refractivity contribution in [3.05, 3.63) is 105 Å². The number of fused-ring (bicyclic) bond motifs is 1. The molecule has 3 aromatic rings. The van der Waals surface area contributed by atoms with Crippen LogP contribution in [-0.2, 0) is 35.5 Å². The van der Waals surface area contributed by atoms with E-state index in [4.69, 9.17) is 4.99 Å². The predicted octanol–water partition coefficient (Wildman–Crippen LogP) is 3.88. The van der Waals surface area contributed by atoms with Crippen LogP contribution in [0.5, 0.6) is 0 Å². The summed E-state index contributed by atoms with van der Waals surface area (Å²) in [6.45, 7) is 3.54. The molecule has 0 aliphatic carbocycles. The fourth-order valence-electron chi connectivity index (χ4n) is 4.21. The van der Waals surface area contributed by atoms with Crippen LogP contribution in [0.25, 0.3) is 0 Å². The zero-order chi connectivity index (χ0) is 21.2. The molecule has 0 spiro atoms. The fraction of sp³-hybridized carbons (Fsp3) is 0.154. The van der Waals surface area contributed by atoms with Crippen molar-refractivity contribution in [3.8, 4) is 0 Å². The van der Waals surface area contributed by atoms with Crippen molar-refractivity contribution < 1.29 is 29.0 Å². The number of benzene rings is 3. The van der Waals surface area contributed by atoms with E-state index in [1.54, 1.807) is 0 Å². The average Bonchev–Trinajstić information content (AvgIpc) is 3.12. The second kappa shape index (κ2) is 8.79. The first-order valence-electron chi connectivity index (χ1n) is 10.7. The van der Waals surface area contributed by atoms with Crippen LogP contribution in [-0.4, -0.2) is 29.7 Å². The first-order valence-corrected chi connectivity index (χ1v) is 14.7. The number of aliphatic imine (C=N–C) groups is 1. The fourth-order valence-corrected chi connectivity index (χ4v) is 9.28. The third-order valence-corrected chi connectivity index (χ3v) is 11.1. The van der Waals surface area contributed by atoms with Crippen LogP contribution in [0.4, 0.5) is 5.69 Å². The quantitative estimate of drug-likeness (QED) is 0.494. The number of anilines is 1. The van der Waals surface area contributed by atoms with Gasteiger partial charge in [-0.15, -0.1) is 0 Å². The second-order valence-corrected chi connectivity index (χ2v) is 14.0. The molecule has 0 saturated heterocycles. The molecule has 3 aromatic carbocycles. The Morgan fingerprint density at radius 3 is 2.29 bits per heavy atom. The summed E-state index contributed by atoms with van der Waals surface area (Å²) in [6, 6.07) is 29.4. The molecule has 0 bridgehead atoms. The monoisotopic (exact) mass is 507 g/mol. The molecular formula is C26H23CdN3O. The molecule has 0 N–H and O–H groups in total. The molecule has 150 valence electrons. The summed E-state index contributed by atoms with van der Waals surface area (Å²) in [4.78, 5) is 22.4. The van der Waals surface area contributed by atoms with Gasteiger partial charge in [0.25, 0.3) is 0 Å². The summed E-state index contributed by atoms with van der Waals surface area (Å²) >= 11 is -1.52. The van der Waals surface area contributed by atoms with Crippen LogP contribution in [0.15, 0.2) is 98.9 Å². The van der Waals surface area contributed by atoms with Crippen molar-refractivity contribution in [2.75, 3.05) is 18.1 Å². The van der Waals surface area contributed by atoms with E-state index in [1.165, 1.54) is 11.8 Å². The molecule has 4 nitrogen and oxygen atoms in total. The van der Waals surface area contributed by atoms with E-state index in [0.717, 1.165) is 23.6 Å². The zero-order valence-electron chi connectivity index (χ0n) is 17.7. The van der Waals surface area contributed by atoms with Crippen LogP contribution in [0.2, 0.25) is 0 Å². The number of aryl methyl sites for hydroxylation is 1. The summed E-state index contributed by atoms with van der Waals surface area (Å²) in [5.74, 6) is 0.978. The number of rotatable bonds is 5. The van der Waals surface area contributed by atoms with Crippen molar-refractivity contribution in [1.29, 1.82) is 0 Å². The molecule has 0 aromatic heterocycles. The Morgan fingerprint density at radius 1 is 0.903 bits per heavy atom. The van der Waals surface area contributed by atoms with Crippen LogP contribution < -0.4 is 8.02 Å². The summed E-state index contributed by atoms with van der Waals surface area (Å²) < 4.78 is 2.83. The van der Waals surface area contributed by atoms with Gasteiger partial charge in [0.1, 0.15) is 0 Å². The van der Waals surface area contributed by atoms with Gasteiger partial charge in [-0.1, -0.05) is 0 Å². The van der Waals surface area contributed by atoms with E-state index >= 15 is 0 Å². The van der Waals surface area contributed by atoms with Gasteiger partial charge in [0.15, 0.2) is 0 Å². The predicted molar refractivity (Wildman–Crippen MR) is 121 cm³/mol. The Kier molecular flexibility index (Phi) is 5.72. The first-order chi connectivity index (χ1) is 15.2. The Hall–Kier alpha value is -2.74. The Morgan fingerprint density at radius 2 is 1.58 bits per heavy atom. The summed E-state index contributed by atoms with van der Waals surface area (Å²) in [5, 5.41) is 0. The second-order valence-electron chi connectivity index (χ2n) is 8.22. The summed E-state index contributed by atoms with van der Waals surface area (Å²) in [6.07, 6.45) is 0.582. The Bertz CT molecular complexity index is 1150. The van der Waals surface area contributed by atoms with Crippen LogP contribution in [0.1, 0.15) is 11.1 Å². The maximum atomic E-state index is 13.3. The Labute approximate surface area is 195 Å². The van der Waals surface area contributed by atoms with Gasteiger partial charge in [-0.05, 0) is 0 Å². The van der Waals surface area contributed by atoms with Gasteiger partial charge in [-0.2, -0.15) is 0 Å². The summed E-state index contributed by atoms with van der Waals surface area (Å²) in [5.41, 5.74) is 4.21. The van der Waals surface area contributed by atoms with E-state index in [-0.39, 0.29) is 5.91 Å². The van der Waals surface area contributed by atoms with E-state index in [2.05, 4.69) is 72.5 Å². The van der Waals surface area contributed by atoms with Crippen molar-refractivity contribution >= 4 is 20.4 Å². The van der Waals surface area contributed by atoms with Gasteiger partial charge >= 0.3 is 196 Å². The first kappa shape index (κ1) is 20.2. The number of carbonyl (C=O) groups is 1. The number of nitrogens with zero attached hydrogens (tertiary/aromatic N) is 3. The van der Waals surface area contributed by atoms with Crippen molar-refractivity contribution in [1.82, 2.24) is 4.90 Å². The topological polar surface area (TPSA) is 35.9 Å². The molecule has 2 heterocycles. The van der Waals surface area contributed by atoms with Crippen molar-refractivity contribution in [2.24, 2.45) is 4.99 Å². The number of hydrogen-bond donors (Lipinski definition) is 0. The minimum absolute atomic E-state index is 0.0483. The van der Waals surface area contributed by atoms with Crippen LogP contribution >= 0.6 is 0 Å². The van der Waals surface area contributed by atoms with Gasteiger partial charge < -0.3 is 0 Å². The third kappa shape index (κ3) is 4.35. The molecule has 2 aliphatic rings. The molecule has 1 amide bonds. The summed E-state index contributed by atoms with van der Waals surface area (Å²) in [7, 11) is 0.